The molecule has 8 heteroatoms. The van der Waals surface area contributed by atoms with Crippen molar-refractivity contribution in [2.45, 2.75) is 6.92 Å². The Morgan fingerprint density at radius 1 is 0.960 bits per heavy atom. The number of hydrogen-bond donors (Lipinski definition) is 2. The second kappa shape index (κ2) is 6.98. The van der Waals surface area contributed by atoms with Crippen molar-refractivity contribution in [3.05, 3.63) is 70.6 Å². The van der Waals surface area contributed by atoms with E-state index in [0.717, 1.165) is 17.7 Å². The summed E-state index contributed by atoms with van der Waals surface area (Å²) >= 11 is 6.06. The van der Waals surface area contributed by atoms with E-state index in [1.165, 1.54) is 12.3 Å². The Balaban J connectivity index is 1.82. The number of aryl methyl sites for hydroxylation is 1. The number of nitrogens with one attached hydrogen (secondary N) is 2. The van der Waals surface area contributed by atoms with E-state index in [1.54, 1.807) is 12.1 Å². The van der Waals surface area contributed by atoms with E-state index >= 15 is 0 Å². The van der Waals surface area contributed by atoms with Crippen LogP contribution in [0.25, 0.3) is 0 Å². The molecule has 25 heavy (non-hydrogen) atoms. The zero-order valence-corrected chi connectivity index (χ0v) is 13.7. The number of hydrogen-bond acceptors (Lipinski definition) is 4. The van der Waals surface area contributed by atoms with E-state index in [2.05, 4.69) is 20.6 Å². The van der Waals surface area contributed by atoms with Gasteiger partial charge in [-0.3, -0.25) is 0 Å². The van der Waals surface area contributed by atoms with Crippen LogP contribution in [0.1, 0.15) is 5.56 Å². The number of anilines is 4. The molecule has 0 amide bonds. The molecule has 3 aromatic rings. The van der Waals surface area contributed by atoms with Crippen LogP contribution >= 0.6 is 11.6 Å². The zero-order valence-electron chi connectivity index (χ0n) is 12.9. The zero-order chi connectivity index (χ0) is 18.0. The van der Waals surface area contributed by atoms with Gasteiger partial charge in [0.15, 0.2) is 17.5 Å². The first kappa shape index (κ1) is 17.0. The molecule has 1 heterocycles. The quantitative estimate of drug-likeness (QED) is 0.613. The summed E-state index contributed by atoms with van der Waals surface area (Å²) in [5, 5.41) is 6.13. The van der Waals surface area contributed by atoms with E-state index in [1.807, 2.05) is 13.0 Å². The molecule has 2 aromatic carbocycles. The van der Waals surface area contributed by atoms with Crippen LogP contribution in [-0.2, 0) is 0 Å². The molecule has 0 saturated heterocycles. The van der Waals surface area contributed by atoms with Crippen molar-refractivity contribution >= 4 is 34.7 Å². The molecule has 0 unspecified atom stereocenters. The molecule has 4 nitrogen and oxygen atoms in total. The molecule has 0 aliphatic carbocycles. The van der Waals surface area contributed by atoms with Gasteiger partial charge >= 0.3 is 0 Å². The van der Waals surface area contributed by atoms with Crippen molar-refractivity contribution in [3.63, 3.8) is 0 Å². The van der Waals surface area contributed by atoms with Crippen LogP contribution in [0.4, 0.5) is 36.3 Å². The van der Waals surface area contributed by atoms with Crippen LogP contribution < -0.4 is 10.6 Å². The fourth-order valence-corrected chi connectivity index (χ4v) is 2.23. The van der Waals surface area contributed by atoms with Crippen molar-refractivity contribution in [1.82, 2.24) is 9.97 Å². The largest absolute Gasteiger partial charge is 0.338 e. The minimum Gasteiger partial charge on any atom is -0.338 e. The molecule has 2 N–H and O–H groups in total. The van der Waals surface area contributed by atoms with Gasteiger partial charge in [-0.05, 0) is 42.8 Å². The molecule has 0 spiro atoms. The Morgan fingerprint density at radius 2 is 1.76 bits per heavy atom. The molecule has 1 aromatic heterocycles. The Morgan fingerprint density at radius 3 is 2.52 bits per heavy atom. The van der Waals surface area contributed by atoms with Crippen LogP contribution in [0.5, 0.6) is 0 Å². The van der Waals surface area contributed by atoms with Crippen LogP contribution in [0.3, 0.4) is 0 Å². The predicted octanol–water partition coefficient (Wildman–Crippen LogP) is 5.34. The average Bonchev–Trinajstić information content (AvgIpc) is 2.59. The molecule has 0 aliphatic heterocycles. The van der Waals surface area contributed by atoms with Crippen molar-refractivity contribution < 1.29 is 13.2 Å². The third kappa shape index (κ3) is 3.83. The summed E-state index contributed by atoms with van der Waals surface area (Å²) in [4.78, 5) is 8.20. The SMILES string of the molecule is Cc1ccc(Nc2nccc(Nc3ccc(F)c(F)c3F)n2)cc1Cl. The third-order valence-electron chi connectivity index (χ3n) is 3.38. The fraction of sp³-hybridized carbons (Fsp3) is 0.0588. The Kier molecular flexibility index (Phi) is 4.76. The van der Waals surface area contributed by atoms with Crippen LogP contribution in [0, 0.1) is 24.4 Å². The molecule has 0 saturated carbocycles. The highest BCUT2D eigenvalue weighted by Gasteiger charge is 2.14. The van der Waals surface area contributed by atoms with E-state index in [-0.39, 0.29) is 17.5 Å². The maximum Gasteiger partial charge on any atom is 0.229 e. The Labute approximate surface area is 146 Å². The number of halogens is 4. The fourth-order valence-electron chi connectivity index (χ4n) is 2.05. The molecule has 128 valence electrons. The Hall–Kier alpha value is -2.80. The summed E-state index contributed by atoms with van der Waals surface area (Å²) in [6.45, 7) is 1.88. The topological polar surface area (TPSA) is 49.8 Å². The minimum absolute atomic E-state index is 0.209. The van der Waals surface area contributed by atoms with Gasteiger partial charge in [-0.15, -0.1) is 0 Å². The second-order valence-corrected chi connectivity index (χ2v) is 5.61. The minimum atomic E-state index is -1.55. The highest BCUT2D eigenvalue weighted by molar-refractivity contribution is 6.31. The summed E-state index contributed by atoms with van der Waals surface area (Å²) < 4.78 is 40.0. The Bertz CT molecular complexity index is 934. The predicted molar refractivity (Wildman–Crippen MR) is 91.1 cm³/mol. The maximum atomic E-state index is 13.7. The lowest BCUT2D eigenvalue weighted by atomic mass is 10.2. The summed E-state index contributed by atoms with van der Waals surface area (Å²) in [7, 11) is 0. The molecular formula is C17H12ClF3N4. The number of benzene rings is 2. The van der Waals surface area contributed by atoms with Gasteiger partial charge in [0, 0.05) is 16.9 Å². The van der Waals surface area contributed by atoms with Gasteiger partial charge in [0.05, 0.1) is 5.69 Å². The van der Waals surface area contributed by atoms with E-state index < -0.39 is 17.5 Å². The third-order valence-corrected chi connectivity index (χ3v) is 3.79. The average molecular weight is 365 g/mol. The first-order valence-corrected chi connectivity index (χ1v) is 7.58. The van der Waals surface area contributed by atoms with Gasteiger partial charge in [-0.2, -0.15) is 4.98 Å². The maximum absolute atomic E-state index is 13.7. The summed E-state index contributed by atoms with van der Waals surface area (Å²) in [5.74, 6) is -3.69. The summed E-state index contributed by atoms with van der Waals surface area (Å²) in [5.41, 5.74) is 1.37. The van der Waals surface area contributed by atoms with Crippen molar-refractivity contribution in [2.24, 2.45) is 0 Å². The summed E-state index contributed by atoms with van der Waals surface area (Å²) in [6.07, 6.45) is 1.44. The highest BCUT2D eigenvalue weighted by Crippen LogP contribution is 2.24. The number of aromatic nitrogens is 2. The normalized spacial score (nSPS) is 10.6. The monoisotopic (exact) mass is 364 g/mol. The molecule has 0 atom stereocenters. The number of nitrogens with zero attached hydrogens (tertiary/aromatic N) is 2. The van der Waals surface area contributed by atoms with Crippen LogP contribution in [0.2, 0.25) is 5.02 Å². The van der Waals surface area contributed by atoms with Crippen molar-refractivity contribution in [1.29, 1.82) is 0 Å². The molecule has 3 rings (SSSR count). The van der Waals surface area contributed by atoms with E-state index in [0.29, 0.717) is 10.7 Å². The van der Waals surface area contributed by atoms with E-state index in [4.69, 9.17) is 11.6 Å². The second-order valence-electron chi connectivity index (χ2n) is 5.20. The smallest absolute Gasteiger partial charge is 0.229 e. The first-order valence-electron chi connectivity index (χ1n) is 7.21. The van der Waals surface area contributed by atoms with Crippen LogP contribution in [0.15, 0.2) is 42.6 Å². The van der Waals surface area contributed by atoms with Crippen LogP contribution in [-0.4, -0.2) is 9.97 Å². The van der Waals surface area contributed by atoms with Gasteiger partial charge in [0.25, 0.3) is 0 Å². The summed E-state index contributed by atoms with van der Waals surface area (Å²) in [6, 6.07) is 8.74. The molecular weight excluding hydrogens is 353 g/mol. The first-order chi connectivity index (χ1) is 11.9. The van der Waals surface area contributed by atoms with Gasteiger partial charge in [-0.1, -0.05) is 17.7 Å². The van der Waals surface area contributed by atoms with Crippen molar-refractivity contribution in [3.8, 4) is 0 Å². The highest BCUT2D eigenvalue weighted by atomic mass is 35.5. The van der Waals surface area contributed by atoms with E-state index in [9.17, 15) is 13.2 Å². The molecule has 0 radical (unpaired) electrons. The standard InChI is InChI=1S/C17H12ClF3N4/c1-9-2-3-10(8-11(9)18)23-17-22-7-6-14(25-17)24-13-5-4-12(19)15(20)16(13)21/h2-8H,1H3,(H2,22,23,24,25). The van der Waals surface area contributed by atoms with Crippen molar-refractivity contribution in [2.75, 3.05) is 10.6 Å². The lowest BCUT2D eigenvalue weighted by molar-refractivity contribution is 0.449. The lowest BCUT2D eigenvalue weighted by Crippen LogP contribution is -2.03. The van der Waals surface area contributed by atoms with Gasteiger partial charge in [-0.25, -0.2) is 18.2 Å². The molecule has 0 bridgehead atoms. The van der Waals surface area contributed by atoms with Gasteiger partial charge in [0.1, 0.15) is 5.82 Å². The van der Waals surface area contributed by atoms with Gasteiger partial charge in [0.2, 0.25) is 5.95 Å². The molecule has 0 aliphatic rings. The molecule has 0 fully saturated rings. The lowest BCUT2D eigenvalue weighted by Gasteiger charge is -2.10. The number of rotatable bonds is 4. The van der Waals surface area contributed by atoms with Gasteiger partial charge < -0.3 is 10.6 Å².